The van der Waals surface area contributed by atoms with E-state index in [2.05, 4.69) is 20.1 Å². The monoisotopic (exact) mass is 450 g/mol. The molecule has 1 aromatic heterocycles. The third kappa shape index (κ3) is 6.15. The average molecular weight is 451 g/mol. The highest BCUT2D eigenvalue weighted by Gasteiger charge is 2.38. The molecule has 2 heterocycles. The molecule has 0 bridgehead atoms. The lowest BCUT2D eigenvalue weighted by molar-refractivity contribution is -0.192. The molecule has 0 fully saturated rings. The largest absolute Gasteiger partial charge is 0.490 e. The van der Waals surface area contributed by atoms with Gasteiger partial charge in [0.2, 0.25) is 0 Å². The molecule has 1 aliphatic rings. The number of carboxylic acid groups (broad SMARTS) is 1. The topological polar surface area (TPSA) is 97.1 Å². The fraction of sp³-hybridized carbons (Fsp3) is 0.444. The smallest absolute Gasteiger partial charge is 0.475 e. The van der Waals surface area contributed by atoms with Crippen molar-refractivity contribution >= 4 is 29.2 Å². The van der Waals surface area contributed by atoms with Gasteiger partial charge in [-0.3, -0.25) is 4.79 Å². The van der Waals surface area contributed by atoms with Crippen LogP contribution in [0.4, 0.5) is 23.2 Å². The van der Waals surface area contributed by atoms with Crippen LogP contribution in [0.5, 0.6) is 0 Å². The number of halogens is 5. The van der Waals surface area contributed by atoms with Crippen LogP contribution in [-0.2, 0) is 22.6 Å². The first-order chi connectivity index (χ1) is 14.0. The van der Waals surface area contributed by atoms with Crippen LogP contribution in [0, 0.1) is 6.92 Å². The van der Waals surface area contributed by atoms with Crippen LogP contribution >= 0.6 is 11.6 Å². The lowest BCUT2D eigenvalue weighted by Crippen LogP contribution is -2.21. The van der Waals surface area contributed by atoms with E-state index in [4.69, 9.17) is 21.5 Å². The number of alkyl halides is 5. The van der Waals surface area contributed by atoms with Gasteiger partial charge in [-0.2, -0.15) is 13.2 Å². The van der Waals surface area contributed by atoms with Gasteiger partial charge in [-0.05, 0) is 31.4 Å². The van der Waals surface area contributed by atoms with Crippen molar-refractivity contribution in [1.82, 2.24) is 14.8 Å². The van der Waals surface area contributed by atoms with Gasteiger partial charge < -0.3 is 15.0 Å². The van der Waals surface area contributed by atoms with Crippen LogP contribution < -0.4 is 5.32 Å². The normalized spacial score (nSPS) is 14.6. The van der Waals surface area contributed by atoms with Crippen molar-refractivity contribution in [1.29, 1.82) is 0 Å². The maximum Gasteiger partial charge on any atom is 0.490 e. The summed E-state index contributed by atoms with van der Waals surface area (Å²) in [4.78, 5) is 20.4. The molecule has 30 heavy (non-hydrogen) atoms. The van der Waals surface area contributed by atoms with Crippen LogP contribution in [0.15, 0.2) is 18.2 Å². The first kappa shape index (κ1) is 23.6. The number of carbonyl (C=O) groups excluding carboxylic acids is 1. The summed E-state index contributed by atoms with van der Waals surface area (Å²) in [5.74, 6) is -1.85. The summed E-state index contributed by atoms with van der Waals surface area (Å²) in [6.07, 6.45) is -0.742. The summed E-state index contributed by atoms with van der Waals surface area (Å²) in [6, 6.07) is 5.58. The van der Waals surface area contributed by atoms with Gasteiger partial charge in [-0.1, -0.05) is 30.2 Å². The highest BCUT2D eigenvalue weighted by molar-refractivity contribution is 6.31. The Balaban J connectivity index is 0.000000396. The number of nitrogens with zero attached hydrogens (tertiary/aromatic N) is 3. The van der Waals surface area contributed by atoms with E-state index < -0.39 is 23.7 Å². The van der Waals surface area contributed by atoms with Crippen molar-refractivity contribution in [3.05, 3.63) is 29.6 Å². The Kier molecular flexibility index (Phi) is 7.77. The molecule has 0 aliphatic carbocycles. The Morgan fingerprint density at radius 2 is 1.90 bits per heavy atom. The quantitative estimate of drug-likeness (QED) is 0.542. The minimum atomic E-state index is -5.08. The molecule has 2 aromatic rings. The van der Waals surface area contributed by atoms with E-state index in [0.29, 0.717) is 5.69 Å². The molecule has 1 amide bonds. The van der Waals surface area contributed by atoms with Gasteiger partial charge in [0, 0.05) is 24.2 Å². The van der Waals surface area contributed by atoms with Crippen molar-refractivity contribution < 1.29 is 32.3 Å². The van der Waals surface area contributed by atoms with Gasteiger partial charge in [-0.15, -0.1) is 10.2 Å². The third-order valence-corrected chi connectivity index (χ3v) is 4.50. The molecule has 1 aliphatic heterocycles. The molecule has 1 unspecified atom stereocenters. The minimum Gasteiger partial charge on any atom is -0.475 e. The van der Waals surface area contributed by atoms with Crippen LogP contribution in [0.3, 0.4) is 0 Å². The Bertz CT molecular complexity index is 915. The second-order valence-corrected chi connectivity index (χ2v) is 6.91. The van der Waals surface area contributed by atoms with E-state index in [1.807, 2.05) is 19.1 Å². The standard InChI is InChI=1S/C16H18ClFN4O.C2HF3O2/c1-10-6-7-11(9-12(10)19-16(23)14(17)18)15-21-20-13-5-3-2-4-8-22(13)15;3-2(4,5)1(6)7/h6-7,9,14H,2-5,8H2,1H3,(H,19,23);(H,6,7). The Labute approximate surface area is 174 Å². The summed E-state index contributed by atoms with van der Waals surface area (Å²) in [6.45, 7) is 2.73. The molecule has 0 saturated carbocycles. The van der Waals surface area contributed by atoms with E-state index in [-0.39, 0.29) is 0 Å². The van der Waals surface area contributed by atoms with Gasteiger partial charge >= 0.3 is 12.1 Å². The zero-order valence-electron chi connectivity index (χ0n) is 15.8. The lowest BCUT2D eigenvalue weighted by atomic mass is 10.1. The number of amides is 1. The molecule has 1 atom stereocenters. The third-order valence-electron chi connectivity index (χ3n) is 4.30. The van der Waals surface area contributed by atoms with Gasteiger partial charge in [0.1, 0.15) is 5.82 Å². The second kappa shape index (κ2) is 9.88. The summed E-state index contributed by atoms with van der Waals surface area (Å²) in [5.41, 5.74) is 0.135. The van der Waals surface area contributed by atoms with Crippen LogP contribution in [-0.4, -0.2) is 43.6 Å². The zero-order valence-corrected chi connectivity index (χ0v) is 16.6. The number of aliphatic carboxylic acids is 1. The maximum absolute atomic E-state index is 12.9. The molecule has 7 nitrogen and oxygen atoms in total. The van der Waals surface area contributed by atoms with Crippen LogP contribution in [0.2, 0.25) is 0 Å². The lowest BCUT2D eigenvalue weighted by Gasteiger charge is -2.12. The van der Waals surface area contributed by atoms with E-state index in [1.54, 1.807) is 6.07 Å². The minimum absolute atomic E-state index is 0.529. The van der Waals surface area contributed by atoms with E-state index in [9.17, 15) is 22.4 Å². The Morgan fingerprint density at radius 1 is 1.23 bits per heavy atom. The summed E-state index contributed by atoms with van der Waals surface area (Å²) < 4.78 is 46.7. The molecule has 0 saturated heterocycles. The van der Waals surface area contributed by atoms with Crippen molar-refractivity contribution in [2.45, 2.75) is 51.0 Å². The van der Waals surface area contributed by atoms with Gasteiger partial charge in [0.05, 0.1) is 0 Å². The van der Waals surface area contributed by atoms with Crippen LogP contribution in [0.25, 0.3) is 11.4 Å². The molecule has 0 radical (unpaired) electrons. The van der Waals surface area contributed by atoms with Gasteiger partial charge in [-0.25, -0.2) is 9.18 Å². The van der Waals surface area contributed by atoms with E-state index in [0.717, 1.165) is 48.6 Å². The van der Waals surface area contributed by atoms with Gasteiger partial charge in [0.25, 0.3) is 11.5 Å². The fourth-order valence-corrected chi connectivity index (χ4v) is 2.84. The number of anilines is 1. The highest BCUT2D eigenvalue weighted by Crippen LogP contribution is 2.27. The van der Waals surface area contributed by atoms with Crippen molar-refractivity contribution in [2.24, 2.45) is 0 Å². The number of hydrogen-bond donors (Lipinski definition) is 2. The zero-order chi connectivity index (χ0) is 22.5. The van der Waals surface area contributed by atoms with Crippen molar-refractivity contribution in [3.63, 3.8) is 0 Å². The predicted molar refractivity (Wildman–Crippen MR) is 101 cm³/mol. The summed E-state index contributed by atoms with van der Waals surface area (Å²) in [5, 5.41) is 18.2. The number of benzene rings is 1. The fourth-order valence-electron chi connectivity index (χ4n) is 2.78. The molecule has 164 valence electrons. The molecule has 1 aromatic carbocycles. The number of aryl methyl sites for hydroxylation is 2. The number of carboxylic acids is 1. The summed E-state index contributed by atoms with van der Waals surface area (Å²) in [7, 11) is 0. The van der Waals surface area contributed by atoms with Crippen molar-refractivity contribution in [2.75, 3.05) is 5.32 Å². The van der Waals surface area contributed by atoms with E-state index >= 15 is 0 Å². The maximum atomic E-state index is 12.9. The van der Waals surface area contributed by atoms with E-state index in [1.165, 1.54) is 6.42 Å². The van der Waals surface area contributed by atoms with Gasteiger partial charge in [0.15, 0.2) is 5.82 Å². The first-order valence-electron chi connectivity index (χ1n) is 8.93. The SMILES string of the molecule is Cc1ccc(-c2nnc3n2CCCCC3)cc1NC(=O)C(F)Cl.O=C(O)C(F)(F)F. The molecule has 3 rings (SSSR count). The second-order valence-electron chi connectivity index (χ2n) is 6.52. The Hall–Kier alpha value is -2.69. The summed E-state index contributed by atoms with van der Waals surface area (Å²) >= 11 is 5.18. The predicted octanol–water partition coefficient (Wildman–Crippen LogP) is 4.09. The molecule has 0 spiro atoms. The number of fused-ring (bicyclic) bond motifs is 1. The number of rotatable bonds is 3. The number of carbonyl (C=O) groups is 2. The average Bonchev–Trinajstić information content (AvgIpc) is 2.91. The first-order valence-corrected chi connectivity index (χ1v) is 9.36. The number of nitrogens with one attached hydrogen (secondary N) is 1. The highest BCUT2D eigenvalue weighted by atomic mass is 35.5. The number of hydrogen-bond acceptors (Lipinski definition) is 4. The molecular formula is C18H19ClF4N4O3. The molecular weight excluding hydrogens is 432 g/mol. The molecule has 12 heteroatoms. The van der Waals surface area contributed by atoms with Crippen molar-refractivity contribution in [3.8, 4) is 11.4 Å². The number of aromatic nitrogens is 3. The molecule has 2 N–H and O–H groups in total. The van der Waals surface area contributed by atoms with Crippen LogP contribution in [0.1, 0.15) is 30.7 Å². The Morgan fingerprint density at radius 3 is 2.50 bits per heavy atom.